The van der Waals surface area contributed by atoms with Crippen LogP contribution in [0, 0.1) is 5.82 Å². The third-order valence-electron chi connectivity index (χ3n) is 2.64. The Morgan fingerprint density at radius 1 is 1.00 bits per heavy atom. The maximum absolute atomic E-state index is 12.9. The molecule has 3 rings (SSSR count). The molecule has 2 heterocycles. The van der Waals surface area contributed by atoms with Gasteiger partial charge in [-0.25, -0.2) is 19.3 Å². The van der Waals surface area contributed by atoms with E-state index in [-0.39, 0.29) is 5.82 Å². The number of hydrogen-bond acceptors (Lipinski definition) is 4. The summed E-state index contributed by atoms with van der Waals surface area (Å²) in [5.41, 5.74) is 2.60. The average molecular weight is 283 g/mol. The molecule has 3 nitrogen and oxygen atoms in total. The lowest BCUT2D eigenvalue weighted by atomic mass is 10.2. The smallest absolute Gasteiger partial charge is 0.124 e. The maximum atomic E-state index is 12.9. The van der Waals surface area contributed by atoms with Crippen LogP contribution in [0.15, 0.2) is 48.2 Å². The fraction of sp³-hybridized carbons (Fsp3) is 0. The molecule has 0 spiro atoms. The van der Waals surface area contributed by atoms with Crippen LogP contribution in [0.2, 0.25) is 0 Å². The van der Waals surface area contributed by atoms with Crippen LogP contribution >= 0.6 is 11.3 Å². The predicted octanol–water partition coefficient (Wildman–Crippen LogP) is 3.91. The van der Waals surface area contributed by atoms with Gasteiger partial charge in [0.25, 0.3) is 0 Å². The van der Waals surface area contributed by atoms with E-state index in [1.54, 1.807) is 18.3 Å². The molecule has 1 aromatic carbocycles. The summed E-state index contributed by atoms with van der Waals surface area (Å²) in [5.74, 6) is -0.241. The van der Waals surface area contributed by atoms with Gasteiger partial charge in [0, 0.05) is 17.1 Å². The van der Waals surface area contributed by atoms with Crippen LogP contribution in [0.3, 0.4) is 0 Å². The Morgan fingerprint density at radius 3 is 2.55 bits per heavy atom. The number of aromatic nitrogens is 3. The highest BCUT2D eigenvalue weighted by molar-refractivity contribution is 7.13. The molecule has 0 radical (unpaired) electrons. The molecule has 0 fully saturated rings. The van der Waals surface area contributed by atoms with Gasteiger partial charge in [-0.05, 0) is 42.5 Å². The summed E-state index contributed by atoms with van der Waals surface area (Å²) in [6.45, 7) is 0. The van der Waals surface area contributed by atoms with E-state index in [1.165, 1.54) is 29.8 Å². The first-order valence-corrected chi connectivity index (χ1v) is 6.85. The zero-order valence-electron chi connectivity index (χ0n) is 10.4. The van der Waals surface area contributed by atoms with Crippen LogP contribution < -0.4 is 0 Å². The van der Waals surface area contributed by atoms with E-state index in [0.717, 1.165) is 22.0 Å². The van der Waals surface area contributed by atoms with Gasteiger partial charge >= 0.3 is 0 Å². The van der Waals surface area contributed by atoms with Crippen molar-refractivity contribution in [3.63, 3.8) is 0 Å². The Bertz CT molecular complexity index is 720. The lowest BCUT2D eigenvalue weighted by Gasteiger charge is -1.94. The minimum absolute atomic E-state index is 0.241. The number of thiazole rings is 1. The first-order valence-electron chi connectivity index (χ1n) is 5.97. The monoisotopic (exact) mass is 283 g/mol. The fourth-order valence-electron chi connectivity index (χ4n) is 1.66. The predicted molar refractivity (Wildman–Crippen MR) is 78.5 cm³/mol. The van der Waals surface area contributed by atoms with Crippen molar-refractivity contribution in [2.45, 2.75) is 0 Å². The third-order valence-corrected chi connectivity index (χ3v) is 3.55. The molecule has 0 N–H and O–H groups in total. The molecule has 0 aliphatic rings. The molecule has 0 amide bonds. The number of nitrogens with zero attached hydrogens (tertiary/aromatic N) is 3. The van der Waals surface area contributed by atoms with Crippen molar-refractivity contribution in [2.24, 2.45) is 0 Å². The quantitative estimate of drug-likeness (QED) is 0.731. The highest BCUT2D eigenvalue weighted by Crippen LogP contribution is 2.24. The van der Waals surface area contributed by atoms with Crippen molar-refractivity contribution in [3.8, 4) is 10.6 Å². The molecule has 2 aromatic heterocycles. The van der Waals surface area contributed by atoms with Crippen LogP contribution in [0.5, 0.6) is 0 Å². The highest BCUT2D eigenvalue weighted by Gasteiger charge is 2.03. The number of benzene rings is 1. The van der Waals surface area contributed by atoms with Crippen LogP contribution in [-0.4, -0.2) is 15.0 Å². The second kappa shape index (κ2) is 5.71. The Kier molecular flexibility index (Phi) is 3.60. The minimum Gasteiger partial charge on any atom is -0.245 e. The molecule has 0 atom stereocenters. The molecule has 0 aliphatic carbocycles. The van der Waals surface area contributed by atoms with Gasteiger partial charge in [0.1, 0.15) is 17.2 Å². The molecular formula is C15H10FN3S. The van der Waals surface area contributed by atoms with Crippen LogP contribution in [0.25, 0.3) is 22.7 Å². The Morgan fingerprint density at radius 2 is 1.80 bits per heavy atom. The van der Waals surface area contributed by atoms with E-state index in [2.05, 4.69) is 15.0 Å². The largest absolute Gasteiger partial charge is 0.245 e. The fourth-order valence-corrected chi connectivity index (χ4v) is 2.45. The van der Waals surface area contributed by atoms with E-state index in [4.69, 9.17) is 0 Å². The molecular weight excluding hydrogens is 273 g/mol. The first-order chi connectivity index (χ1) is 9.81. The van der Waals surface area contributed by atoms with Crippen LogP contribution in [0.1, 0.15) is 11.4 Å². The summed E-state index contributed by atoms with van der Waals surface area (Å²) >= 11 is 1.53. The molecule has 0 saturated heterocycles. The van der Waals surface area contributed by atoms with Gasteiger partial charge in [-0.2, -0.15) is 0 Å². The summed E-state index contributed by atoms with van der Waals surface area (Å²) in [6.07, 6.45) is 6.97. The Labute approximate surface area is 119 Å². The van der Waals surface area contributed by atoms with E-state index < -0.39 is 0 Å². The summed E-state index contributed by atoms with van der Waals surface area (Å²) in [4.78, 5) is 12.5. The van der Waals surface area contributed by atoms with Crippen molar-refractivity contribution in [3.05, 3.63) is 65.4 Å². The standard InChI is InChI=1S/C15H10FN3S/c16-12-3-1-11(2-4-12)15-19-14(9-20-15)6-5-13-7-8-17-10-18-13/h1-10H/b6-5+. The van der Waals surface area contributed by atoms with Crippen molar-refractivity contribution in [1.29, 1.82) is 0 Å². The SMILES string of the molecule is Fc1ccc(-c2nc(/C=C/c3ccncn3)cs2)cc1. The topological polar surface area (TPSA) is 38.7 Å². The molecule has 0 saturated carbocycles. The zero-order chi connectivity index (χ0) is 13.8. The molecule has 98 valence electrons. The summed E-state index contributed by atoms with van der Waals surface area (Å²) in [7, 11) is 0. The number of hydrogen-bond donors (Lipinski definition) is 0. The average Bonchev–Trinajstić information content (AvgIpc) is 2.96. The van der Waals surface area contributed by atoms with Crippen molar-refractivity contribution < 1.29 is 4.39 Å². The lowest BCUT2D eigenvalue weighted by molar-refractivity contribution is 0.628. The molecule has 3 aromatic rings. The van der Waals surface area contributed by atoms with Gasteiger partial charge in [0.05, 0.1) is 11.4 Å². The normalized spacial score (nSPS) is 11.1. The first kappa shape index (κ1) is 12.6. The second-order valence-electron chi connectivity index (χ2n) is 4.05. The molecule has 0 unspecified atom stereocenters. The molecule has 0 aliphatic heterocycles. The van der Waals surface area contributed by atoms with E-state index in [9.17, 15) is 4.39 Å². The van der Waals surface area contributed by atoms with Crippen LogP contribution in [0.4, 0.5) is 4.39 Å². The van der Waals surface area contributed by atoms with Gasteiger partial charge in [-0.1, -0.05) is 0 Å². The molecule has 20 heavy (non-hydrogen) atoms. The van der Waals surface area contributed by atoms with Gasteiger partial charge in [-0.15, -0.1) is 11.3 Å². The second-order valence-corrected chi connectivity index (χ2v) is 4.91. The number of rotatable bonds is 3. The third kappa shape index (κ3) is 2.95. The van der Waals surface area contributed by atoms with Crippen molar-refractivity contribution in [1.82, 2.24) is 15.0 Å². The Hall–Kier alpha value is -2.40. The summed E-state index contributed by atoms with van der Waals surface area (Å²) in [5, 5.41) is 2.82. The van der Waals surface area contributed by atoms with Gasteiger partial charge in [-0.3, -0.25) is 0 Å². The van der Waals surface area contributed by atoms with Gasteiger partial charge in [0.15, 0.2) is 0 Å². The van der Waals surface area contributed by atoms with Gasteiger partial charge in [0.2, 0.25) is 0 Å². The van der Waals surface area contributed by atoms with Crippen LogP contribution in [-0.2, 0) is 0 Å². The number of halogens is 1. The minimum atomic E-state index is -0.241. The van der Waals surface area contributed by atoms with Gasteiger partial charge < -0.3 is 0 Å². The summed E-state index contributed by atoms with van der Waals surface area (Å²) < 4.78 is 12.9. The van der Waals surface area contributed by atoms with E-state index in [0.29, 0.717) is 0 Å². The van der Waals surface area contributed by atoms with E-state index in [1.807, 2.05) is 23.6 Å². The highest BCUT2D eigenvalue weighted by atomic mass is 32.1. The zero-order valence-corrected chi connectivity index (χ0v) is 11.2. The Balaban J connectivity index is 1.80. The summed E-state index contributed by atoms with van der Waals surface area (Å²) in [6, 6.07) is 8.15. The lowest BCUT2D eigenvalue weighted by Crippen LogP contribution is -1.81. The molecule has 0 bridgehead atoms. The van der Waals surface area contributed by atoms with E-state index >= 15 is 0 Å². The van der Waals surface area contributed by atoms with Crippen molar-refractivity contribution in [2.75, 3.05) is 0 Å². The maximum Gasteiger partial charge on any atom is 0.124 e. The molecule has 5 heteroatoms. The van der Waals surface area contributed by atoms with Crippen molar-refractivity contribution >= 4 is 23.5 Å².